The van der Waals surface area contributed by atoms with Crippen LogP contribution in [0.25, 0.3) is 11.1 Å². The molecule has 5 nitrogen and oxygen atoms in total. The van der Waals surface area contributed by atoms with Gasteiger partial charge in [-0.3, -0.25) is 0 Å². The summed E-state index contributed by atoms with van der Waals surface area (Å²) < 4.78 is 38.2. The van der Waals surface area contributed by atoms with Crippen molar-refractivity contribution >= 4 is 16.0 Å². The Labute approximate surface area is 127 Å². The van der Waals surface area contributed by atoms with Crippen LogP contribution in [0.5, 0.6) is 0 Å². The molecule has 0 radical (unpaired) electrons. The smallest absolute Gasteiger partial charge is 0.336 e. The second-order valence-electron chi connectivity index (χ2n) is 4.81. The predicted molar refractivity (Wildman–Crippen MR) is 79.7 cm³/mol. The average Bonchev–Trinajstić information content (AvgIpc) is 2.47. The van der Waals surface area contributed by atoms with Gasteiger partial charge in [-0.15, -0.1) is 0 Å². The molecular formula is C15H14FNO4S. The highest BCUT2D eigenvalue weighted by Gasteiger charge is 2.18. The quantitative estimate of drug-likeness (QED) is 0.938. The van der Waals surface area contributed by atoms with Crippen LogP contribution in [0.4, 0.5) is 4.39 Å². The van der Waals surface area contributed by atoms with Crippen LogP contribution in [0, 0.1) is 5.82 Å². The highest BCUT2D eigenvalue weighted by Crippen LogP contribution is 2.26. The van der Waals surface area contributed by atoms with Gasteiger partial charge in [0.15, 0.2) is 0 Å². The van der Waals surface area contributed by atoms with Crippen LogP contribution in [-0.4, -0.2) is 37.9 Å². The number of nitrogens with zero attached hydrogens (tertiary/aromatic N) is 1. The van der Waals surface area contributed by atoms with Crippen LogP contribution in [0.15, 0.2) is 47.4 Å². The van der Waals surface area contributed by atoms with E-state index in [0.29, 0.717) is 11.1 Å². The van der Waals surface area contributed by atoms with E-state index in [2.05, 4.69) is 0 Å². The molecule has 0 bridgehead atoms. The maximum Gasteiger partial charge on any atom is 0.336 e. The van der Waals surface area contributed by atoms with E-state index in [1.54, 1.807) is 0 Å². The fraction of sp³-hybridized carbons (Fsp3) is 0.133. The van der Waals surface area contributed by atoms with E-state index in [1.807, 2.05) is 0 Å². The van der Waals surface area contributed by atoms with Crippen molar-refractivity contribution in [2.24, 2.45) is 0 Å². The van der Waals surface area contributed by atoms with Gasteiger partial charge in [0.1, 0.15) is 5.82 Å². The molecule has 0 amide bonds. The molecule has 0 aliphatic carbocycles. The Balaban J connectivity index is 2.51. The highest BCUT2D eigenvalue weighted by atomic mass is 32.2. The van der Waals surface area contributed by atoms with Gasteiger partial charge in [0.05, 0.1) is 10.5 Å². The third kappa shape index (κ3) is 3.00. The summed E-state index contributed by atoms with van der Waals surface area (Å²) in [5.41, 5.74) is 0.640. The number of hydrogen-bond donors (Lipinski definition) is 1. The lowest BCUT2D eigenvalue weighted by molar-refractivity contribution is 0.0697. The molecule has 2 rings (SSSR count). The summed E-state index contributed by atoms with van der Waals surface area (Å²) in [7, 11) is -0.707. The molecule has 0 fully saturated rings. The number of carboxylic acids is 1. The number of carbonyl (C=O) groups is 1. The second-order valence-corrected chi connectivity index (χ2v) is 6.96. The van der Waals surface area contributed by atoms with Crippen molar-refractivity contribution in [3.05, 3.63) is 53.8 Å². The van der Waals surface area contributed by atoms with Crippen LogP contribution >= 0.6 is 0 Å². The number of carboxylic acid groups (broad SMARTS) is 1. The van der Waals surface area contributed by atoms with Gasteiger partial charge in [-0.2, -0.15) is 0 Å². The summed E-state index contributed by atoms with van der Waals surface area (Å²) in [6.45, 7) is 0. The Kier molecular flexibility index (Phi) is 4.30. The van der Waals surface area contributed by atoms with Crippen molar-refractivity contribution in [1.82, 2.24) is 4.31 Å². The van der Waals surface area contributed by atoms with Gasteiger partial charge in [-0.05, 0) is 35.4 Å². The molecule has 2 aromatic carbocycles. The van der Waals surface area contributed by atoms with Gasteiger partial charge in [0.25, 0.3) is 0 Å². The van der Waals surface area contributed by atoms with E-state index in [4.69, 9.17) is 5.11 Å². The first-order valence-electron chi connectivity index (χ1n) is 6.29. The number of hydrogen-bond acceptors (Lipinski definition) is 3. The van der Waals surface area contributed by atoms with Gasteiger partial charge < -0.3 is 5.11 Å². The Morgan fingerprint density at radius 2 is 1.68 bits per heavy atom. The fourth-order valence-electron chi connectivity index (χ4n) is 1.96. The average molecular weight is 323 g/mol. The number of benzene rings is 2. The summed E-state index contributed by atoms with van der Waals surface area (Å²) in [5, 5.41) is 9.14. The zero-order chi connectivity index (χ0) is 16.5. The normalized spacial score (nSPS) is 11.6. The molecular weight excluding hydrogens is 309 g/mol. The first kappa shape index (κ1) is 16.1. The molecule has 0 spiro atoms. The molecule has 0 saturated heterocycles. The topological polar surface area (TPSA) is 74.7 Å². The molecule has 116 valence electrons. The molecule has 1 N–H and O–H groups in total. The number of sulfonamides is 1. The van der Waals surface area contributed by atoms with Crippen LogP contribution in [0.1, 0.15) is 10.4 Å². The SMILES string of the molecule is CN(C)S(=O)(=O)c1ccc(-c2ccc(F)cc2C(=O)O)cc1. The monoisotopic (exact) mass is 323 g/mol. The van der Waals surface area contributed by atoms with Crippen LogP contribution in [0.3, 0.4) is 0 Å². The standard InChI is InChI=1S/C15H14FNO4S/c1-17(2)22(20,21)12-6-3-10(4-7-12)13-8-5-11(16)9-14(13)15(18)19/h3-9H,1-2H3,(H,18,19). The lowest BCUT2D eigenvalue weighted by atomic mass is 10.00. The molecule has 22 heavy (non-hydrogen) atoms. The first-order valence-corrected chi connectivity index (χ1v) is 7.73. The first-order chi connectivity index (χ1) is 10.2. The Morgan fingerprint density at radius 1 is 1.09 bits per heavy atom. The fourth-order valence-corrected chi connectivity index (χ4v) is 2.86. The van der Waals surface area contributed by atoms with Crippen molar-refractivity contribution in [3.8, 4) is 11.1 Å². The lowest BCUT2D eigenvalue weighted by Crippen LogP contribution is -2.22. The molecule has 0 saturated carbocycles. The van der Waals surface area contributed by atoms with Crippen LogP contribution in [0.2, 0.25) is 0 Å². The van der Waals surface area contributed by atoms with Crippen LogP contribution in [-0.2, 0) is 10.0 Å². The lowest BCUT2D eigenvalue weighted by Gasteiger charge is -2.12. The predicted octanol–water partition coefficient (Wildman–Crippen LogP) is 2.44. The third-order valence-electron chi connectivity index (χ3n) is 3.16. The van der Waals surface area contributed by atoms with Gasteiger partial charge in [-0.1, -0.05) is 18.2 Å². The minimum Gasteiger partial charge on any atom is -0.478 e. The van der Waals surface area contributed by atoms with Crippen molar-refractivity contribution in [2.75, 3.05) is 14.1 Å². The minimum atomic E-state index is -3.55. The van der Waals surface area contributed by atoms with Gasteiger partial charge in [-0.25, -0.2) is 21.9 Å². The summed E-state index contributed by atoms with van der Waals surface area (Å²) in [5.74, 6) is -1.90. The van der Waals surface area contributed by atoms with E-state index < -0.39 is 21.8 Å². The summed E-state index contributed by atoms with van der Waals surface area (Å²) in [6, 6.07) is 9.22. The van der Waals surface area contributed by atoms with Crippen LogP contribution < -0.4 is 0 Å². The Morgan fingerprint density at radius 3 is 2.18 bits per heavy atom. The molecule has 2 aromatic rings. The highest BCUT2D eigenvalue weighted by molar-refractivity contribution is 7.89. The van der Waals surface area contributed by atoms with E-state index in [1.165, 1.54) is 44.4 Å². The molecule has 0 heterocycles. The number of halogens is 1. The maximum atomic E-state index is 13.2. The summed E-state index contributed by atoms with van der Waals surface area (Å²) in [6.07, 6.45) is 0. The van der Waals surface area contributed by atoms with Crippen molar-refractivity contribution in [2.45, 2.75) is 4.90 Å². The minimum absolute atomic E-state index is 0.0974. The van der Waals surface area contributed by atoms with Crippen molar-refractivity contribution in [1.29, 1.82) is 0 Å². The van der Waals surface area contributed by atoms with Crippen molar-refractivity contribution in [3.63, 3.8) is 0 Å². The zero-order valence-electron chi connectivity index (χ0n) is 11.9. The number of aromatic carboxylic acids is 1. The van der Waals surface area contributed by atoms with E-state index >= 15 is 0 Å². The summed E-state index contributed by atoms with van der Waals surface area (Å²) in [4.78, 5) is 11.3. The molecule has 7 heteroatoms. The number of rotatable bonds is 4. The van der Waals surface area contributed by atoms with E-state index in [0.717, 1.165) is 16.4 Å². The summed E-state index contributed by atoms with van der Waals surface area (Å²) >= 11 is 0. The van der Waals surface area contributed by atoms with Crippen molar-refractivity contribution < 1.29 is 22.7 Å². The largest absolute Gasteiger partial charge is 0.478 e. The third-order valence-corrected chi connectivity index (χ3v) is 4.99. The molecule has 0 aliphatic rings. The zero-order valence-corrected chi connectivity index (χ0v) is 12.8. The molecule has 0 aromatic heterocycles. The second kappa shape index (κ2) is 5.86. The van der Waals surface area contributed by atoms with E-state index in [-0.39, 0.29) is 10.5 Å². The molecule has 0 atom stereocenters. The van der Waals surface area contributed by atoms with Gasteiger partial charge in [0.2, 0.25) is 10.0 Å². The Hall–Kier alpha value is -2.25. The van der Waals surface area contributed by atoms with Gasteiger partial charge >= 0.3 is 5.97 Å². The molecule has 0 unspecified atom stereocenters. The van der Waals surface area contributed by atoms with Gasteiger partial charge in [0, 0.05) is 14.1 Å². The Bertz CT molecular complexity index is 814. The van der Waals surface area contributed by atoms with E-state index in [9.17, 15) is 17.6 Å². The maximum absolute atomic E-state index is 13.2. The molecule has 0 aliphatic heterocycles.